The number of carbonyl (C=O) groups is 1. The number of tetrazole rings is 1. The van der Waals surface area contributed by atoms with Gasteiger partial charge in [-0.2, -0.15) is 0 Å². The molecule has 0 atom stereocenters. The molecule has 0 radical (unpaired) electrons. The van der Waals surface area contributed by atoms with Crippen LogP contribution in [0.15, 0.2) is 11.4 Å². The molecule has 0 aromatic carbocycles. The Kier molecular flexibility index (Phi) is 5.04. The van der Waals surface area contributed by atoms with Crippen LogP contribution in [0.25, 0.3) is 0 Å². The number of hydrogen-bond donors (Lipinski definition) is 1. The molecule has 0 aliphatic heterocycles. The first-order valence-corrected chi connectivity index (χ1v) is 9.11. The molecule has 0 spiro atoms. The van der Waals surface area contributed by atoms with E-state index in [4.69, 9.17) is 0 Å². The summed E-state index contributed by atoms with van der Waals surface area (Å²) in [5.74, 6) is 0.308. The molecule has 9 heteroatoms. The number of amides is 1. The lowest BCUT2D eigenvalue weighted by molar-refractivity contribution is -0.118. The summed E-state index contributed by atoms with van der Waals surface area (Å²) in [6.07, 6.45) is 6.49. The number of hydrogen-bond acceptors (Lipinski definition) is 7. The molecule has 1 aliphatic carbocycles. The lowest BCUT2D eigenvalue weighted by Crippen LogP contribution is -2.24. The second-order valence-corrected chi connectivity index (χ2v) is 7.52. The predicted octanol–water partition coefficient (Wildman–Crippen LogP) is 1.96. The molecule has 2 aromatic heterocycles. The van der Waals surface area contributed by atoms with Gasteiger partial charge in [0.25, 0.3) is 0 Å². The third-order valence-electron chi connectivity index (χ3n) is 3.59. The molecule has 1 aliphatic rings. The van der Waals surface area contributed by atoms with Gasteiger partial charge in [-0.25, -0.2) is 9.67 Å². The highest BCUT2D eigenvalue weighted by Crippen LogP contribution is 2.31. The number of thiazole rings is 1. The summed E-state index contributed by atoms with van der Waals surface area (Å²) in [7, 11) is 0. The minimum atomic E-state index is -0.0166. The molecule has 2 aromatic rings. The van der Waals surface area contributed by atoms with Crippen molar-refractivity contribution in [2.75, 3.05) is 5.75 Å². The maximum atomic E-state index is 11.9. The molecular weight excluding hydrogens is 320 g/mol. The van der Waals surface area contributed by atoms with Gasteiger partial charge in [-0.1, -0.05) is 24.6 Å². The standard InChI is InChI=1S/C13H18N6OS2/c1-9-14-6-11(22-9)7-15-12(20)8-21-13-16-17-18-19(13)10-4-2-3-5-10/h6,10H,2-5,7-8H2,1H3,(H,15,20). The number of rotatable bonds is 6. The fourth-order valence-corrected chi connectivity index (χ4v) is 4.02. The van der Waals surface area contributed by atoms with E-state index >= 15 is 0 Å². The first-order valence-electron chi connectivity index (χ1n) is 7.31. The zero-order valence-electron chi connectivity index (χ0n) is 12.4. The second-order valence-electron chi connectivity index (χ2n) is 5.26. The highest BCUT2D eigenvalue weighted by Gasteiger charge is 2.22. The fourth-order valence-electron chi connectivity index (χ4n) is 2.51. The molecule has 0 unspecified atom stereocenters. The molecule has 1 amide bonds. The molecule has 0 bridgehead atoms. The topological polar surface area (TPSA) is 85.6 Å². The van der Waals surface area contributed by atoms with E-state index in [1.54, 1.807) is 17.5 Å². The van der Waals surface area contributed by atoms with Gasteiger partial charge in [0.2, 0.25) is 11.1 Å². The SMILES string of the molecule is Cc1ncc(CNC(=O)CSc2nnnn2C2CCCC2)s1. The van der Waals surface area contributed by atoms with Crippen molar-refractivity contribution in [3.8, 4) is 0 Å². The molecule has 1 saturated carbocycles. The number of carbonyl (C=O) groups excluding carboxylic acids is 1. The van der Waals surface area contributed by atoms with Crippen LogP contribution in [0.4, 0.5) is 0 Å². The average Bonchev–Trinajstić information content (AvgIpc) is 3.23. The minimum absolute atomic E-state index is 0.0166. The first-order chi connectivity index (χ1) is 10.7. The Bertz CT molecular complexity index is 634. The van der Waals surface area contributed by atoms with Crippen molar-refractivity contribution >= 4 is 29.0 Å². The Hall–Kier alpha value is -1.48. The van der Waals surface area contributed by atoms with Crippen LogP contribution >= 0.6 is 23.1 Å². The van der Waals surface area contributed by atoms with Gasteiger partial charge in [0.15, 0.2) is 0 Å². The number of nitrogens with one attached hydrogen (secondary N) is 1. The van der Waals surface area contributed by atoms with E-state index in [1.807, 2.05) is 11.6 Å². The van der Waals surface area contributed by atoms with Crippen LogP contribution < -0.4 is 5.32 Å². The monoisotopic (exact) mass is 338 g/mol. The Labute approximate surface area is 136 Å². The van der Waals surface area contributed by atoms with E-state index in [-0.39, 0.29) is 5.91 Å². The maximum absolute atomic E-state index is 11.9. The predicted molar refractivity (Wildman–Crippen MR) is 84.7 cm³/mol. The van der Waals surface area contributed by atoms with Crippen LogP contribution in [0, 0.1) is 6.92 Å². The van der Waals surface area contributed by atoms with E-state index in [0.29, 0.717) is 18.3 Å². The van der Waals surface area contributed by atoms with E-state index in [1.165, 1.54) is 24.6 Å². The van der Waals surface area contributed by atoms with Gasteiger partial charge >= 0.3 is 0 Å². The normalized spacial score (nSPS) is 15.3. The highest BCUT2D eigenvalue weighted by molar-refractivity contribution is 7.99. The molecule has 1 fully saturated rings. The maximum Gasteiger partial charge on any atom is 0.230 e. The van der Waals surface area contributed by atoms with Crippen molar-refractivity contribution in [2.45, 2.75) is 50.4 Å². The van der Waals surface area contributed by atoms with Gasteiger partial charge in [0.05, 0.1) is 23.3 Å². The lowest BCUT2D eigenvalue weighted by atomic mass is 10.3. The fraction of sp³-hybridized carbons (Fsp3) is 0.615. The summed E-state index contributed by atoms with van der Waals surface area (Å²) < 4.78 is 1.87. The summed E-state index contributed by atoms with van der Waals surface area (Å²) in [6, 6.07) is 0.390. The number of thioether (sulfide) groups is 1. The van der Waals surface area contributed by atoms with Crippen LogP contribution in [0.3, 0.4) is 0 Å². The van der Waals surface area contributed by atoms with Crippen molar-refractivity contribution in [3.63, 3.8) is 0 Å². The summed E-state index contributed by atoms with van der Waals surface area (Å²) >= 11 is 2.99. The molecular formula is C13H18N6OS2. The average molecular weight is 338 g/mol. The lowest BCUT2D eigenvalue weighted by Gasteiger charge is -2.10. The Morgan fingerprint density at radius 1 is 1.50 bits per heavy atom. The van der Waals surface area contributed by atoms with E-state index in [9.17, 15) is 4.79 Å². The van der Waals surface area contributed by atoms with Crippen molar-refractivity contribution in [2.24, 2.45) is 0 Å². The van der Waals surface area contributed by atoms with Crippen molar-refractivity contribution < 1.29 is 4.79 Å². The molecule has 118 valence electrons. The number of aryl methyl sites for hydroxylation is 1. The zero-order chi connectivity index (χ0) is 15.4. The number of nitrogens with zero attached hydrogens (tertiary/aromatic N) is 5. The van der Waals surface area contributed by atoms with Gasteiger partial charge in [-0.3, -0.25) is 4.79 Å². The van der Waals surface area contributed by atoms with Gasteiger partial charge in [-0.15, -0.1) is 16.4 Å². The van der Waals surface area contributed by atoms with Crippen molar-refractivity contribution in [1.29, 1.82) is 0 Å². The molecule has 22 heavy (non-hydrogen) atoms. The molecule has 3 rings (SSSR count). The van der Waals surface area contributed by atoms with Crippen LogP contribution in [0.2, 0.25) is 0 Å². The Morgan fingerprint density at radius 3 is 3.05 bits per heavy atom. The molecule has 0 saturated heterocycles. The summed E-state index contributed by atoms with van der Waals surface area (Å²) in [4.78, 5) is 17.2. The smallest absolute Gasteiger partial charge is 0.230 e. The third-order valence-corrected chi connectivity index (χ3v) is 5.44. The van der Waals surface area contributed by atoms with Crippen LogP contribution in [0.1, 0.15) is 41.6 Å². The van der Waals surface area contributed by atoms with Crippen molar-refractivity contribution in [1.82, 2.24) is 30.5 Å². The van der Waals surface area contributed by atoms with Gasteiger partial charge in [0, 0.05) is 11.1 Å². The first kappa shape index (κ1) is 15.4. The van der Waals surface area contributed by atoms with Gasteiger partial charge in [-0.05, 0) is 30.2 Å². The second kappa shape index (κ2) is 7.19. The number of aromatic nitrogens is 5. The van der Waals surface area contributed by atoms with Crippen LogP contribution in [-0.4, -0.2) is 36.9 Å². The summed E-state index contributed by atoms with van der Waals surface area (Å²) in [5.41, 5.74) is 0. The third kappa shape index (κ3) is 3.83. The van der Waals surface area contributed by atoms with Crippen molar-refractivity contribution in [3.05, 3.63) is 16.1 Å². The van der Waals surface area contributed by atoms with Gasteiger partial charge < -0.3 is 5.32 Å². The molecule has 2 heterocycles. The van der Waals surface area contributed by atoms with Crippen LogP contribution in [0.5, 0.6) is 0 Å². The van der Waals surface area contributed by atoms with E-state index < -0.39 is 0 Å². The molecule has 1 N–H and O–H groups in total. The van der Waals surface area contributed by atoms with Gasteiger partial charge in [0.1, 0.15) is 0 Å². The van der Waals surface area contributed by atoms with E-state index in [2.05, 4.69) is 25.8 Å². The zero-order valence-corrected chi connectivity index (χ0v) is 14.0. The largest absolute Gasteiger partial charge is 0.350 e. The van der Waals surface area contributed by atoms with Crippen LogP contribution in [-0.2, 0) is 11.3 Å². The summed E-state index contributed by atoms with van der Waals surface area (Å²) in [6.45, 7) is 2.48. The summed E-state index contributed by atoms with van der Waals surface area (Å²) in [5, 5.41) is 16.5. The Balaban J connectivity index is 1.48. The Morgan fingerprint density at radius 2 is 2.32 bits per heavy atom. The minimum Gasteiger partial charge on any atom is -0.350 e. The highest BCUT2D eigenvalue weighted by atomic mass is 32.2. The molecule has 7 nitrogen and oxygen atoms in total. The van der Waals surface area contributed by atoms with E-state index in [0.717, 1.165) is 27.9 Å². The quantitative estimate of drug-likeness (QED) is 0.811.